The van der Waals surface area contributed by atoms with Gasteiger partial charge in [-0.25, -0.2) is 8.42 Å². The van der Waals surface area contributed by atoms with Gasteiger partial charge in [0.15, 0.2) is 9.84 Å². The largest absolute Gasteiger partial charge is 0.348 e. The van der Waals surface area contributed by atoms with E-state index in [0.717, 1.165) is 17.4 Å². The van der Waals surface area contributed by atoms with Crippen LogP contribution < -0.4 is 5.32 Å². The SMILES string of the molecule is CS(=O)(=O)c1ccc(C(=O)NCc2cnn(Cc3ccccc3)c2)cc1. The number of sulfone groups is 1. The van der Waals surface area contributed by atoms with Crippen LogP contribution in [0, 0.1) is 0 Å². The molecule has 1 aromatic heterocycles. The highest BCUT2D eigenvalue weighted by Crippen LogP contribution is 2.10. The van der Waals surface area contributed by atoms with Gasteiger partial charge in [-0.05, 0) is 29.8 Å². The van der Waals surface area contributed by atoms with Gasteiger partial charge < -0.3 is 5.32 Å². The maximum atomic E-state index is 12.2. The first-order valence-electron chi connectivity index (χ1n) is 8.05. The fraction of sp³-hybridized carbons (Fsp3) is 0.158. The second kappa shape index (κ2) is 7.53. The molecule has 7 heteroatoms. The fourth-order valence-corrected chi connectivity index (χ4v) is 3.12. The van der Waals surface area contributed by atoms with Crippen molar-refractivity contribution in [2.75, 3.05) is 6.26 Å². The number of hydrogen-bond donors (Lipinski definition) is 1. The number of carbonyl (C=O) groups excluding carboxylic acids is 1. The molecule has 1 N–H and O–H groups in total. The van der Waals surface area contributed by atoms with Gasteiger partial charge in [0.1, 0.15) is 0 Å². The Kier molecular flexibility index (Phi) is 5.18. The van der Waals surface area contributed by atoms with E-state index in [0.29, 0.717) is 18.7 Å². The highest BCUT2D eigenvalue weighted by atomic mass is 32.2. The molecule has 134 valence electrons. The number of amides is 1. The number of nitrogens with one attached hydrogen (secondary N) is 1. The minimum Gasteiger partial charge on any atom is -0.348 e. The van der Waals surface area contributed by atoms with Crippen molar-refractivity contribution in [3.05, 3.63) is 83.7 Å². The maximum absolute atomic E-state index is 12.2. The third kappa shape index (κ3) is 4.58. The highest BCUT2D eigenvalue weighted by Gasteiger charge is 2.10. The van der Waals surface area contributed by atoms with Crippen LogP contribution in [0.4, 0.5) is 0 Å². The molecule has 3 rings (SSSR count). The van der Waals surface area contributed by atoms with Gasteiger partial charge in [0.2, 0.25) is 0 Å². The minimum absolute atomic E-state index is 0.191. The second-order valence-electron chi connectivity index (χ2n) is 6.01. The molecule has 0 atom stereocenters. The lowest BCUT2D eigenvalue weighted by Gasteiger charge is -2.05. The lowest BCUT2D eigenvalue weighted by molar-refractivity contribution is 0.0951. The zero-order valence-corrected chi connectivity index (χ0v) is 15.1. The molecule has 1 heterocycles. The first-order valence-corrected chi connectivity index (χ1v) is 9.94. The standard InChI is InChI=1S/C19H19N3O3S/c1-26(24,25)18-9-7-17(8-10-18)19(23)20-11-16-12-21-22(14-16)13-15-5-3-2-4-6-15/h2-10,12,14H,11,13H2,1H3,(H,20,23). The van der Waals surface area contributed by atoms with E-state index in [9.17, 15) is 13.2 Å². The van der Waals surface area contributed by atoms with Crippen molar-refractivity contribution >= 4 is 15.7 Å². The average Bonchev–Trinajstić information content (AvgIpc) is 3.07. The normalized spacial score (nSPS) is 11.3. The second-order valence-corrected chi connectivity index (χ2v) is 8.03. The van der Waals surface area contributed by atoms with Crippen LogP contribution in [-0.2, 0) is 22.9 Å². The van der Waals surface area contributed by atoms with Crippen LogP contribution in [0.25, 0.3) is 0 Å². The Morgan fingerprint density at radius 3 is 2.38 bits per heavy atom. The Labute approximate surface area is 152 Å². The van der Waals surface area contributed by atoms with Crippen molar-refractivity contribution in [1.29, 1.82) is 0 Å². The van der Waals surface area contributed by atoms with E-state index in [4.69, 9.17) is 0 Å². The van der Waals surface area contributed by atoms with E-state index in [2.05, 4.69) is 10.4 Å². The molecular weight excluding hydrogens is 350 g/mol. The van der Waals surface area contributed by atoms with E-state index in [1.54, 1.807) is 6.20 Å². The number of carbonyl (C=O) groups is 1. The summed E-state index contributed by atoms with van der Waals surface area (Å²) in [6.07, 6.45) is 4.74. The van der Waals surface area contributed by atoms with Crippen molar-refractivity contribution in [2.24, 2.45) is 0 Å². The van der Waals surface area contributed by atoms with Crippen LogP contribution in [0.1, 0.15) is 21.5 Å². The minimum atomic E-state index is -3.27. The van der Waals surface area contributed by atoms with Gasteiger partial charge in [0.05, 0.1) is 17.6 Å². The van der Waals surface area contributed by atoms with E-state index < -0.39 is 9.84 Å². The molecule has 2 aromatic carbocycles. The van der Waals surface area contributed by atoms with Crippen LogP contribution in [0.15, 0.2) is 71.9 Å². The molecule has 0 aliphatic rings. The molecule has 6 nitrogen and oxygen atoms in total. The molecule has 0 aliphatic heterocycles. The third-order valence-corrected chi connectivity index (χ3v) is 5.00. The Balaban J connectivity index is 1.58. The van der Waals surface area contributed by atoms with E-state index in [1.807, 2.05) is 41.2 Å². The number of hydrogen-bond acceptors (Lipinski definition) is 4. The molecular formula is C19H19N3O3S. The molecule has 0 unspecified atom stereocenters. The Hall–Kier alpha value is -2.93. The number of rotatable bonds is 6. The quantitative estimate of drug-likeness (QED) is 0.723. The number of aromatic nitrogens is 2. The van der Waals surface area contributed by atoms with Crippen LogP contribution in [0.2, 0.25) is 0 Å². The summed E-state index contributed by atoms with van der Waals surface area (Å²) in [5.74, 6) is -0.263. The summed E-state index contributed by atoms with van der Waals surface area (Å²) in [5, 5.41) is 7.11. The number of nitrogens with zero attached hydrogens (tertiary/aromatic N) is 2. The smallest absolute Gasteiger partial charge is 0.251 e. The first-order chi connectivity index (χ1) is 12.4. The van der Waals surface area contributed by atoms with Gasteiger partial charge in [0.25, 0.3) is 5.91 Å². The predicted molar refractivity (Wildman–Crippen MR) is 98.5 cm³/mol. The summed E-state index contributed by atoms with van der Waals surface area (Å²) in [6, 6.07) is 15.9. The molecule has 1 amide bonds. The molecule has 26 heavy (non-hydrogen) atoms. The summed E-state index contributed by atoms with van der Waals surface area (Å²) in [5.41, 5.74) is 2.45. The lowest BCUT2D eigenvalue weighted by Crippen LogP contribution is -2.22. The summed E-state index contributed by atoms with van der Waals surface area (Å²) < 4.78 is 24.7. The molecule has 0 aliphatic carbocycles. The van der Waals surface area contributed by atoms with E-state index in [1.165, 1.54) is 24.3 Å². The summed E-state index contributed by atoms with van der Waals surface area (Å²) in [4.78, 5) is 12.4. The zero-order chi connectivity index (χ0) is 18.6. The van der Waals surface area contributed by atoms with Crippen LogP contribution in [-0.4, -0.2) is 30.4 Å². The molecule has 0 bridgehead atoms. The van der Waals surface area contributed by atoms with Crippen LogP contribution in [0.3, 0.4) is 0 Å². The monoisotopic (exact) mass is 369 g/mol. The summed E-state index contributed by atoms with van der Waals surface area (Å²) >= 11 is 0. The molecule has 0 fully saturated rings. The van der Waals surface area contributed by atoms with Crippen molar-refractivity contribution in [2.45, 2.75) is 18.0 Å². The van der Waals surface area contributed by atoms with E-state index >= 15 is 0 Å². The third-order valence-electron chi connectivity index (χ3n) is 3.87. The van der Waals surface area contributed by atoms with Gasteiger partial charge in [-0.15, -0.1) is 0 Å². The van der Waals surface area contributed by atoms with Gasteiger partial charge >= 0.3 is 0 Å². The van der Waals surface area contributed by atoms with Gasteiger partial charge in [-0.3, -0.25) is 9.48 Å². The summed E-state index contributed by atoms with van der Waals surface area (Å²) in [7, 11) is -3.27. The number of benzene rings is 2. The van der Waals surface area contributed by atoms with Crippen molar-refractivity contribution in [3.63, 3.8) is 0 Å². The predicted octanol–water partition coefficient (Wildman–Crippen LogP) is 2.26. The average molecular weight is 369 g/mol. The Morgan fingerprint density at radius 2 is 1.73 bits per heavy atom. The molecule has 0 spiro atoms. The zero-order valence-electron chi connectivity index (χ0n) is 14.3. The highest BCUT2D eigenvalue weighted by molar-refractivity contribution is 7.90. The topological polar surface area (TPSA) is 81.1 Å². The van der Waals surface area contributed by atoms with Crippen molar-refractivity contribution in [3.8, 4) is 0 Å². The van der Waals surface area contributed by atoms with Gasteiger partial charge in [-0.1, -0.05) is 30.3 Å². The van der Waals surface area contributed by atoms with Crippen LogP contribution >= 0.6 is 0 Å². The van der Waals surface area contributed by atoms with Crippen LogP contribution in [0.5, 0.6) is 0 Å². The molecule has 0 saturated heterocycles. The van der Waals surface area contributed by atoms with Gasteiger partial charge in [-0.2, -0.15) is 5.10 Å². The van der Waals surface area contributed by atoms with Crippen molar-refractivity contribution in [1.82, 2.24) is 15.1 Å². The molecule has 0 saturated carbocycles. The molecule has 3 aromatic rings. The van der Waals surface area contributed by atoms with E-state index in [-0.39, 0.29) is 10.8 Å². The fourth-order valence-electron chi connectivity index (χ4n) is 2.49. The Morgan fingerprint density at radius 1 is 1.04 bits per heavy atom. The Bertz CT molecular complexity index is 994. The first kappa shape index (κ1) is 17.9. The van der Waals surface area contributed by atoms with Gasteiger partial charge in [0, 0.05) is 30.1 Å². The molecule has 0 radical (unpaired) electrons. The van der Waals surface area contributed by atoms with Crippen molar-refractivity contribution < 1.29 is 13.2 Å². The summed E-state index contributed by atoms with van der Waals surface area (Å²) in [6.45, 7) is 1.02. The maximum Gasteiger partial charge on any atom is 0.251 e. The lowest BCUT2D eigenvalue weighted by atomic mass is 10.2.